The average Bonchev–Trinajstić information content (AvgIpc) is 2.95. The summed E-state index contributed by atoms with van der Waals surface area (Å²) in [5.74, 6) is 0.896. The fraction of sp³-hybridized carbons (Fsp3) is 0.444. The number of rotatable bonds is 9. The molecule has 1 amide bonds. The number of carbonyl (C=O) groups is 3. The van der Waals surface area contributed by atoms with Crippen LogP contribution in [-0.2, 0) is 30.5 Å². The standard InChI is InChI=1S/C27H31NO6/c1-2-32-26(30)14-12-21-17-28-24(21)16-20(11-13-25(28)29)27(31)33-18-19-7-6-10-23(15-19)34-22-8-4-3-5-9-22/h3-10,15,20-21,24H,2,11-14,16-18H2,1H3. The lowest BCUT2D eigenvalue weighted by Crippen LogP contribution is -2.58. The molecule has 2 aliphatic rings. The van der Waals surface area contributed by atoms with E-state index in [0.29, 0.717) is 51.0 Å². The van der Waals surface area contributed by atoms with Gasteiger partial charge >= 0.3 is 11.9 Å². The Morgan fingerprint density at radius 1 is 1.03 bits per heavy atom. The number of fused-ring (bicyclic) bond motifs is 1. The molecular weight excluding hydrogens is 434 g/mol. The Kier molecular flexibility index (Phi) is 7.83. The van der Waals surface area contributed by atoms with E-state index in [9.17, 15) is 14.4 Å². The first kappa shape index (κ1) is 23.8. The minimum atomic E-state index is -0.326. The van der Waals surface area contributed by atoms with Gasteiger partial charge in [-0.05, 0) is 61.9 Å². The van der Waals surface area contributed by atoms with Crippen molar-refractivity contribution in [1.82, 2.24) is 4.90 Å². The Hall–Kier alpha value is -3.35. The van der Waals surface area contributed by atoms with Crippen molar-refractivity contribution in [2.24, 2.45) is 11.8 Å². The predicted octanol–water partition coefficient (Wildman–Crippen LogP) is 4.49. The highest BCUT2D eigenvalue weighted by Crippen LogP contribution is 2.38. The number of hydrogen-bond donors (Lipinski definition) is 0. The van der Waals surface area contributed by atoms with Gasteiger partial charge in [-0.15, -0.1) is 0 Å². The molecule has 2 heterocycles. The Morgan fingerprint density at radius 2 is 1.82 bits per heavy atom. The van der Waals surface area contributed by atoms with Crippen LogP contribution in [0.3, 0.4) is 0 Å². The molecule has 2 aromatic carbocycles. The van der Waals surface area contributed by atoms with Crippen LogP contribution in [0.5, 0.6) is 11.5 Å². The first-order valence-electron chi connectivity index (χ1n) is 12.0. The van der Waals surface area contributed by atoms with Crippen molar-refractivity contribution in [2.45, 2.75) is 51.7 Å². The van der Waals surface area contributed by atoms with E-state index in [1.54, 1.807) is 6.92 Å². The Labute approximate surface area is 200 Å². The second-order valence-corrected chi connectivity index (χ2v) is 8.86. The maximum Gasteiger partial charge on any atom is 0.309 e. The Balaban J connectivity index is 1.31. The van der Waals surface area contributed by atoms with Gasteiger partial charge in [-0.25, -0.2) is 0 Å². The predicted molar refractivity (Wildman–Crippen MR) is 125 cm³/mol. The van der Waals surface area contributed by atoms with Crippen molar-refractivity contribution in [3.05, 3.63) is 60.2 Å². The van der Waals surface area contributed by atoms with Crippen molar-refractivity contribution < 1.29 is 28.6 Å². The highest BCUT2D eigenvalue weighted by atomic mass is 16.5. The maximum atomic E-state index is 12.9. The van der Waals surface area contributed by atoms with Crippen molar-refractivity contribution in [3.8, 4) is 11.5 Å². The highest BCUT2D eigenvalue weighted by Gasteiger charge is 2.45. The number of ether oxygens (including phenoxy) is 3. The van der Waals surface area contributed by atoms with E-state index in [1.807, 2.05) is 59.5 Å². The molecule has 3 atom stereocenters. The van der Waals surface area contributed by atoms with Crippen LogP contribution in [0.15, 0.2) is 54.6 Å². The summed E-state index contributed by atoms with van der Waals surface area (Å²) in [6, 6.07) is 17.0. The van der Waals surface area contributed by atoms with E-state index in [1.165, 1.54) is 0 Å². The van der Waals surface area contributed by atoms with Gasteiger partial charge in [0.25, 0.3) is 0 Å². The zero-order valence-electron chi connectivity index (χ0n) is 19.5. The number of amides is 1. The number of benzene rings is 2. The molecule has 2 fully saturated rings. The van der Waals surface area contributed by atoms with Crippen LogP contribution in [-0.4, -0.2) is 41.9 Å². The largest absolute Gasteiger partial charge is 0.466 e. The van der Waals surface area contributed by atoms with E-state index in [-0.39, 0.29) is 42.3 Å². The summed E-state index contributed by atoms with van der Waals surface area (Å²) >= 11 is 0. The molecular formula is C27H31NO6. The smallest absolute Gasteiger partial charge is 0.309 e. The lowest BCUT2D eigenvalue weighted by atomic mass is 9.80. The van der Waals surface area contributed by atoms with Gasteiger partial charge in [0.2, 0.25) is 5.91 Å². The number of nitrogens with zero attached hydrogens (tertiary/aromatic N) is 1. The molecule has 0 saturated carbocycles. The summed E-state index contributed by atoms with van der Waals surface area (Å²) < 4.78 is 16.5. The van der Waals surface area contributed by atoms with Crippen molar-refractivity contribution in [2.75, 3.05) is 13.2 Å². The molecule has 7 heteroatoms. The van der Waals surface area contributed by atoms with Crippen LogP contribution in [0.1, 0.15) is 44.6 Å². The number of esters is 2. The fourth-order valence-corrected chi connectivity index (χ4v) is 4.71. The molecule has 0 bridgehead atoms. The first-order valence-corrected chi connectivity index (χ1v) is 12.0. The molecule has 7 nitrogen and oxygen atoms in total. The topological polar surface area (TPSA) is 82.1 Å². The SMILES string of the molecule is CCOC(=O)CCC1CN2C(=O)CCC(C(=O)OCc3cccc(Oc4ccccc4)c3)CC12. The van der Waals surface area contributed by atoms with Crippen molar-refractivity contribution >= 4 is 17.8 Å². The monoisotopic (exact) mass is 465 g/mol. The lowest BCUT2D eigenvalue weighted by molar-refractivity contribution is -0.153. The van der Waals surface area contributed by atoms with Crippen molar-refractivity contribution in [1.29, 1.82) is 0 Å². The maximum absolute atomic E-state index is 12.9. The number of para-hydroxylation sites is 1. The van der Waals surface area contributed by atoms with Crippen LogP contribution < -0.4 is 4.74 Å². The summed E-state index contributed by atoms with van der Waals surface area (Å²) in [7, 11) is 0. The molecule has 34 heavy (non-hydrogen) atoms. The van der Waals surface area contributed by atoms with E-state index >= 15 is 0 Å². The van der Waals surface area contributed by atoms with Gasteiger partial charge in [0.1, 0.15) is 18.1 Å². The second-order valence-electron chi connectivity index (χ2n) is 8.86. The average molecular weight is 466 g/mol. The van der Waals surface area contributed by atoms with E-state index < -0.39 is 0 Å². The third-order valence-corrected chi connectivity index (χ3v) is 6.55. The van der Waals surface area contributed by atoms with Crippen LogP contribution in [0.4, 0.5) is 0 Å². The zero-order chi connectivity index (χ0) is 23.9. The number of hydrogen-bond acceptors (Lipinski definition) is 6. The summed E-state index contributed by atoms with van der Waals surface area (Å²) in [6.07, 6.45) is 2.43. The molecule has 0 N–H and O–H groups in total. The molecule has 2 aromatic rings. The third-order valence-electron chi connectivity index (χ3n) is 6.55. The summed E-state index contributed by atoms with van der Waals surface area (Å²) in [6.45, 7) is 2.96. The molecule has 0 aromatic heterocycles. The second kappa shape index (κ2) is 11.2. The molecule has 0 spiro atoms. The van der Waals surface area contributed by atoms with Gasteiger partial charge in [0.15, 0.2) is 0 Å². The van der Waals surface area contributed by atoms with Crippen molar-refractivity contribution in [3.63, 3.8) is 0 Å². The summed E-state index contributed by atoms with van der Waals surface area (Å²) in [5.41, 5.74) is 0.837. The molecule has 2 aliphatic heterocycles. The van der Waals surface area contributed by atoms with Gasteiger partial charge in [0.05, 0.1) is 12.5 Å². The molecule has 0 aliphatic carbocycles. The van der Waals surface area contributed by atoms with E-state index in [4.69, 9.17) is 14.2 Å². The summed E-state index contributed by atoms with van der Waals surface area (Å²) in [4.78, 5) is 38.9. The van der Waals surface area contributed by atoms with Crippen LogP contribution in [0.25, 0.3) is 0 Å². The minimum Gasteiger partial charge on any atom is -0.466 e. The zero-order valence-corrected chi connectivity index (χ0v) is 19.5. The molecule has 180 valence electrons. The van der Waals surface area contributed by atoms with Gasteiger partial charge in [0, 0.05) is 25.4 Å². The van der Waals surface area contributed by atoms with Gasteiger partial charge < -0.3 is 19.1 Å². The van der Waals surface area contributed by atoms with E-state index in [0.717, 1.165) is 11.3 Å². The van der Waals surface area contributed by atoms with Crippen LogP contribution in [0, 0.1) is 11.8 Å². The summed E-state index contributed by atoms with van der Waals surface area (Å²) in [5, 5.41) is 0. The normalized spacial score (nSPS) is 21.6. The minimum absolute atomic E-state index is 0.00965. The van der Waals surface area contributed by atoms with Gasteiger partial charge in [-0.1, -0.05) is 30.3 Å². The van der Waals surface area contributed by atoms with Gasteiger partial charge in [-0.2, -0.15) is 0 Å². The molecule has 4 rings (SSSR count). The Morgan fingerprint density at radius 3 is 2.62 bits per heavy atom. The third kappa shape index (κ3) is 5.95. The van der Waals surface area contributed by atoms with Crippen LogP contribution >= 0.6 is 0 Å². The van der Waals surface area contributed by atoms with E-state index in [2.05, 4.69) is 0 Å². The van der Waals surface area contributed by atoms with Gasteiger partial charge in [-0.3, -0.25) is 14.4 Å². The highest BCUT2D eigenvalue weighted by molar-refractivity contribution is 5.80. The fourth-order valence-electron chi connectivity index (χ4n) is 4.71. The lowest BCUT2D eigenvalue weighted by Gasteiger charge is -2.48. The molecule has 2 saturated heterocycles. The molecule has 0 radical (unpaired) electrons. The van der Waals surface area contributed by atoms with Crippen LogP contribution in [0.2, 0.25) is 0 Å². The molecule has 3 unspecified atom stereocenters. The number of carbonyl (C=O) groups excluding carboxylic acids is 3. The first-order chi connectivity index (χ1) is 16.5. The Bertz CT molecular complexity index is 1010. The quantitative estimate of drug-likeness (QED) is 0.508.